The minimum atomic E-state index is -0.711. The number of nitrogens with one attached hydrogen (secondary N) is 3. The fourth-order valence-electron chi connectivity index (χ4n) is 6.13. The molecule has 4 fully saturated rings. The first-order valence-electron chi connectivity index (χ1n) is 10.9. The van der Waals surface area contributed by atoms with E-state index in [1.165, 1.54) is 19.3 Å². The van der Waals surface area contributed by atoms with E-state index in [0.29, 0.717) is 22.8 Å². The van der Waals surface area contributed by atoms with E-state index in [1.54, 1.807) is 24.3 Å². The number of amides is 3. The Kier molecular flexibility index (Phi) is 5.80. The van der Waals surface area contributed by atoms with Crippen LogP contribution in [0.4, 0.5) is 0 Å². The Morgan fingerprint density at radius 3 is 2.07 bits per heavy atom. The van der Waals surface area contributed by atoms with Gasteiger partial charge in [0.25, 0.3) is 11.8 Å². The van der Waals surface area contributed by atoms with E-state index < -0.39 is 17.9 Å². The van der Waals surface area contributed by atoms with Crippen LogP contribution in [0, 0.1) is 29.1 Å². The van der Waals surface area contributed by atoms with E-state index in [-0.39, 0.29) is 22.8 Å². The van der Waals surface area contributed by atoms with E-state index in [1.807, 2.05) is 13.8 Å². The van der Waals surface area contributed by atoms with Gasteiger partial charge in [-0.05, 0) is 74.3 Å². The standard InChI is InChI=1S/C23H30ClN3O3/c1-13(2)19(21(29)27-26-20(28)17-5-3-4-6-18(17)24)25-22(30)23-10-14-7-15(11-23)9-16(8-14)12-23/h3-6,13-16,19H,7-12H2,1-2H3,(H,25,30)(H,26,28)(H,27,29). The highest BCUT2D eigenvalue weighted by Gasteiger charge is 2.55. The fourth-order valence-corrected chi connectivity index (χ4v) is 6.35. The quantitative estimate of drug-likeness (QED) is 0.624. The minimum Gasteiger partial charge on any atom is -0.344 e. The molecule has 0 aromatic heterocycles. The lowest BCUT2D eigenvalue weighted by molar-refractivity contribution is -0.149. The van der Waals surface area contributed by atoms with Gasteiger partial charge in [-0.15, -0.1) is 0 Å². The smallest absolute Gasteiger partial charge is 0.271 e. The highest BCUT2D eigenvalue weighted by Crippen LogP contribution is 2.60. The monoisotopic (exact) mass is 431 g/mol. The van der Waals surface area contributed by atoms with Crippen molar-refractivity contribution in [3.05, 3.63) is 34.9 Å². The Labute approximate surface area is 182 Å². The maximum absolute atomic E-state index is 13.3. The largest absolute Gasteiger partial charge is 0.344 e. The Bertz CT molecular complexity index is 819. The fraction of sp³-hybridized carbons (Fsp3) is 0.609. The molecule has 1 unspecified atom stereocenters. The lowest BCUT2D eigenvalue weighted by atomic mass is 9.49. The molecule has 1 atom stereocenters. The summed E-state index contributed by atoms with van der Waals surface area (Å²) in [5.41, 5.74) is 4.83. The van der Waals surface area contributed by atoms with Crippen LogP contribution >= 0.6 is 11.6 Å². The number of hydrogen-bond donors (Lipinski definition) is 3. The summed E-state index contributed by atoms with van der Waals surface area (Å²) in [6, 6.07) is 5.91. The molecule has 4 bridgehead atoms. The van der Waals surface area contributed by atoms with Crippen LogP contribution in [0.3, 0.4) is 0 Å². The molecule has 0 saturated heterocycles. The van der Waals surface area contributed by atoms with Crippen molar-refractivity contribution >= 4 is 29.3 Å². The molecule has 30 heavy (non-hydrogen) atoms. The van der Waals surface area contributed by atoms with Crippen LogP contribution in [0.25, 0.3) is 0 Å². The van der Waals surface area contributed by atoms with Crippen molar-refractivity contribution in [1.29, 1.82) is 0 Å². The van der Waals surface area contributed by atoms with Crippen molar-refractivity contribution in [3.8, 4) is 0 Å². The maximum atomic E-state index is 13.3. The molecule has 3 amide bonds. The average molecular weight is 432 g/mol. The van der Waals surface area contributed by atoms with Crippen LogP contribution in [-0.2, 0) is 9.59 Å². The Morgan fingerprint density at radius 1 is 0.967 bits per heavy atom. The first-order chi connectivity index (χ1) is 14.3. The molecule has 6 nitrogen and oxygen atoms in total. The molecule has 4 aliphatic carbocycles. The number of carbonyl (C=O) groups excluding carboxylic acids is 3. The molecule has 0 aliphatic heterocycles. The highest BCUT2D eigenvalue weighted by atomic mass is 35.5. The summed E-state index contributed by atoms with van der Waals surface area (Å²) < 4.78 is 0. The molecule has 1 aromatic carbocycles. The molecule has 5 rings (SSSR count). The summed E-state index contributed by atoms with van der Waals surface area (Å²) in [6.45, 7) is 3.78. The highest BCUT2D eigenvalue weighted by molar-refractivity contribution is 6.33. The number of benzene rings is 1. The molecule has 3 N–H and O–H groups in total. The second-order valence-corrected chi connectivity index (χ2v) is 10.2. The van der Waals surface area contributed by atoms with Gasteiger partial charge in [-0.25, -0.2) is 0 Å². The van der Waals surface area contributed by atoms with Gasteiger partial charge in [-0.3, -0.25) is 25.2 Å². The van der Waals surface area contributed by atoms with Gasteiger partial charge in [0.2, 0.25) is 5.91 Å². The molecule has 4 saturated carbocycles. The number of hydrazine groups is 1. The van der Waals surface area contributed by atoms with E-state index in [0.717, 1.165) is 19.3 Å². The first kappa shape index (κ1) is 21.2. The zero-order chi connectivity index (χ0) is 21.5. The molecule has 4 aliphatic rings. The second kappa shape index (κ2) is 8.22. The summed E-state index contributed by atoms with van der Waals surface area (Å²) in [7, 11) is 0. The van der Waals surface area contributed by atoms with Crippen molar-refractivity contribution in [2.24, 2.45) is 29.1 Å². The third kappa shape index (κ3) is 4.07. The van der Waals surface area contributed by atoms with Gasteiger partial charge < -0.3 is 5.32 Å². The third-order valence-electron chi connectivity index (χ3n) is 7.17. The minimum absolute atomic E-state index is 0.00730. The zero-order valence-corrected chi connectivity index (χ0v) is 18.3. The zero-order valence-electron chi connectivity index (χ0n) is 17.5. The van der Waals surface area contributed by atoms with Crippen molar-refractivity contribution in [2.75, 3.05) is 0 Å². The Hall–Kier alpha value is -2.08. The van der Waals surface area contributed by atoms with Crippen LogP contribution in [-0.4, -0.2) is 23.8 Å². The molecule has 162 valence electrons. The topological polar surface area (TPSA) is 87.3 Å². The lowest BCUT2D eigenvalue weighted by Crippen LogP contribution is -2.59. The van der Waals surface area contributed by atoms with Gasteiger partial charge in [0.1, 0.15) is 6.04 Å². The lowest BCUT2D eigenvalue weighted by Gasteiger charge is -2.55. The molecule has 1 aromatic rings. The van der Waals surface area contributed by atoms with Crippen molar-refractivity contribution in [3.63, 3.8) is 0 Å². The number of hydrogen-bond acceptors (Lipinski definition) is 3. The molecule has 0 spiro atoms. The number of rotatable bonds is 5. The van der Waals surface area contributed by atoms with Crippen LogP contribution in [0.1, 0.15) is 62.7 Å². The molecule has 7 heteroatoms. The van der Waals surface area contributed by atoms with Gasteiger partial charge in [0.05, 0.1) is 10.6 Å². The van der Waals surface area contributed by atoms with Gasteiger partial charge in [-0.1, -0.05) is 37.6 Å². The number of halogens is 1. The first-order valence-corrected chi connectivity index (χ1v) is 11.3. The second-order valence-electron chi connectivity index (χ2n) is 9.82. The van der Waals surface area contributed by atoms with E-state index in [2.05, 4.69) is 16.2 Å². The van der Waals surface area contributed by atoms with Gasteiger partial charge >= 0.3 is 0 Å². The SMILES string of the molecule is CC(C)C(NC(=O)C12CC3CC(CC(C3)C1)C2)C(=O)NNC(=O)c1ccccc1Cl. The summed E-state index contributed by atoms with van der Waals surface area (Å²) in [6.07, 6.45) is 6.61. The van der Waals surface area contributed by atoms with Gasteiger partial charge in [-0.2, -0.15) is 0 Å². The summed E-state index contributed by atoms with van der Waals surface area (Å²) in [5.74, 6) is 0.940. The summed E-state index contributed by atoms with van der Waals surface area (Å²) in [5, 5.41) is 3.33. The predicted molar refractivity (Wildman–Crippen MR) is 114 cm³/mol. The molecular weight excluding hydrogens is 402 g/mol. The van der Waals surface area contributed by atoms with Crippen LogP contribution < -0.4 is 16.2 Å². The van der Waals surface area contributed by atoms with Crippen molar-refractivity contribution in [1.82, 2.24) is 16.2 Å². The van der Waals surface area contributed by atoms with Gasteiger partial charge in [0.15, 0.2) is 0 Å². The van der Waals surface area contributed by atoms with Crippen LogP contribution in [0.15, 0.2) is 24.3 Å². The van der Waals surface area contributed by atoms with E-state index in [9.17, 15) is 14.4 Å². The van der Waals surface area contributed by atoms with Crippen molar-refractivity contribution in [2.45, 2.75) is 58.4 Å². The molecular formula is C23H30ClN3O3. The Morgan fingerprint density at radius 2 is 1.53 bits per heavy atom. The van der Waals surface area contributed by atoms with Crippen LogP contribution in [0.5, 0.6) is 0 Å². The average Bonchev–Trinajstić information content (AvgIpc) is 2.68. The van der Waals surface area contributed by atoms with Gasteiger partial charge in [0, 0.05) is 5.41 Å². The maximum Gasteiger partial charge on any atom is 0.271 e. The van der Waals surface area contributed by atoms with Crippen LogP contribution in [0.2, 0.25) is 5.02 Å². The normalized spacial score (nSPS) is 30.1. The van der Waals surface area contributed by atoms with Crippen molar-refractivity contribution < 1.29 is 14.4 Å². The molecule has 0 radical (unpaired) electrons. The third-order valence-corrected chi connectivity index (χ3v) is 7.50. The Balaban J connectivity index is 1.39. The van der Waals surface area contributed by atoms with E-state index in [4.69, 9.17) is 11.6 Å². The summed E-state index contributed by atoms with van der Waals surface area (Å²) >= 11 is 6.04. The molecule has 0 heterocycles. The predicted octanol–water partition coefficient (Wildman–Crippen LogP) is 3.46. The number of carbonyl (C=O) groups is 3. The van der Waals surface area contributed by atoms with E-state index >= 15 is 0 Å². The summed E-state index contributed by atoms with van der Waals surface area (Å²) in [4.78, 5) is 38.4.